The first-order chi connectivity index (χ1) is 16.9. The molecule has 0 bridgehead atoms. The lowest BCUT2D eigenvalue weighted by Gasteiger charge is -2.25. The minimum Gasteiger partial charge on any atom is -0.379 e. The number of rotatable bonds is 4. The molecular formula is C25H31ClN6O2S. The topological polar surface area (TPSA) is 84.6 Å². The fourth-order valence-corrected chi connectivity index (χ4v) is 5.45. The van der Waals surface area contributed by atoms with Crippen LogP contribution in [0.15, 0.2) is 29.3 Å². The average Bonchev–Trinajstić information content (AvgIpc) is 3.32. The lowest BCUT2D eigenvalue weighted by molar-refractivity contribution is -0.121. The van der Waals surface area contributed by atoms with Gasteiger partial charge in [0.05, 0.1) is 18.9 Å². The minimum absolute atomic E-state index is 0.112. The van der Waals surface area contributed by atoms with Crippen LogP contribution in [0, 0.1) is 20.8 Å². The molecule has 5 rings (SSSR count). The summed E-state index contributed by atoms with van der Waals surface area (Å²) < 4.78 is 7.32. The number of benzene rings is 1. The summed E-state index contributed by atoms with van der Waals surface area (Å²) in [5.74, 6) is 1.89. The summed E-state index contributed by atoms with van der Waals surface area (Å²) >= 11 is 7.80. The predicted octanol–water partition coefficient (Wildman–Crippen LogP) is 3.71. The molecule has 1 amide bonds. The zero-order chi connectivity index (χ0) is 24.9. The number of thiophene rings is 1. The van der Waals surface area contributed by atoms with Gasteiger partial charge in [-0.3, -0.25) is 19.3 Å². The highest BCUT2D eigenvalue weighted by atomic mass is 35.5. The Labute approximate surface area is 215 Å². The van der Waals surface area contributed by atoms with Crippen molar-refractivity contribution < 1.29 is 9.53 Å². The van der Waals surface area contributed by atoms with Gasteiger partial charge in [0.2, 0.25) is 5.91 Å². The number of hydrogen-bond donors (Lipinski definition) is 1. The minimum atomic E-state index is 0.112. The zero-order valence-corrected chi connectivity index (χ0v) is 22.2. The molecule has 4 heterocycles. The average molecular weight is 515 g/mol. The summed E-state index contributed by atoms with van der Waals surface area (Å²) in [4.78, 5) is 19.3. The van der Waals surface area contributed by atoms with Crippen LogP contribution in [-0.4, -0.2) is 71.2 Å². The van der Waals surface area contributed by atoms with Gasteiger partial charge in [0.15, 0.2) is 5.82 Å². The molecule has 3 aromatic rings. The van der Waals surface area contributed by atoms with Crippen LogP contribution in [0.1, 0.15) is 39.6 Å². The molecule has 1 saturated heterocycles. The maximum absolute atomic E-state index is 10.9. The normalized spacial score (nSPS) is 15.3. The molecule has 0 atom stereocenters. The SMILES string of the molecule is CNC(=O)CCN1CCOCC1.Cc1sc2c(c1C)C(c1ccc(Cl)cc1)=NCc1nnc(C)n1-2. The van der Waals surface area contributed by atoms with Gasteiger partial charge in [-0.2, -0.15) is 0 Å². The molecule has 0 spiro atoms. The third-order valence-electron chi connectivity index (χ3n) is 6.23. The van der Waals surface area contributed by atoms with Crippen molar-refractivity contribution in [3.05, 3.63) is 62.5 Å². The van der Waals surface area contributed by atoms with Crippen molar-refractivity contribution >= 4 is 34.6 Å². The zero-order valence-electron chi connectivity index (χ0n) is 20.6. The van der Waals surface area contributed by atoms with Gasteiger partial charge in [-0.15, -0.1) is 21.5 Å². The Balaban J connectivity index is 0.000000204. The van der Waals surface area contributed by atoms with Crippen LogP contribution in [0.2, 0.25) is 5.02 Å². The quantitative estimate of drug-likeness (QED) is 0.573. The monoisotopic (exact) mass is 514 g/mol. The first kappa shape index (κ1) is 25.5. The number of carbonyl (C=O) groups is 1. The lowest BCUT2D eigenvalue weighted by atomic mass is 10.00. The van der Waals surface area contributed by atoms with E-state index in [1.54, 1.807) is 18.4 Å². The summed E-state index contributed by atoms with van der Waals surface area (Å²) in [6.45, 7) is 11.2. The molecule has 8 nitrogen and oxygen atoms in total. The molecule has 186 valence electrons. The number of nitrogens with zero attached hydrogens (tertiary/aromatic N) is 5. The van der Waals surface area contributed by atoms with E-state index in [4.69, 9.17) is 21.3 Å². The van der Waals surface area contributed by atoms with Gasteiger partial charge in [-0.05, 0) is 38.5 Å². The molecule has 2 aliphatic heterocycles. The third-order valence-corrected chi connectivity index (χ3v) is 7.68. The predicted molar refractivity (Wildman–Crippen MR) is 140 cm³/mol. The Morgan fingerprint density at radius 2 is 1.86 bits per heavy atom. The molecule has 0 saturated carbocycles. The molecule has 2 aromatic heterocycles. The van der Waals surface area contributed by atoms with Crippen LogP contribution in [0.5, 0.6) is 0 Å². The van der Waals surface area contributed by atoms with Crippen LogP contribution >= 0.6 is 22.9 Å². The number of aryl methyl sites for hydroxylation is 2. The van der Waals surface area contributed by atoms with Gasteiger partial charge in [0.1, 0.15) is 17.4 Å². The van der Waals surface area contributed by atoms with Crippen LogP contribution in [0.3, 0.4) is 0 Å². The summed E-state index contributed by atoms with van der Waals surface area (Å²) in [5, 5.41) is 13.0. The second kappa shape index (κ2) is 11.4. The molecule has 2 aliphatic rings. The highest BCUT2D eigenvalue weighted by molar-refractivity contribution is 7.15. The Hall–Kier alpha value is -2.59. The fraction of sp³-hybridized carbons (Fsp3) is 0.440. The number of fused-ring (bicyclic) bond motifs is 3. The Bertz CT molecular complexity index is 1210. The molecule has 0 unspecified atom stereocenters. The van der Waals surface area contributed by atoms with Crippen LogP contribution < -0.4 is 5.32 Å². The van der Waals surface area contributed by atoms with Crippen molar-refractivity contribution in [3.63, 3.8) is 0 Å². The third kappa shape index (κ3) is 5.81. The van der Waals surface area contributed by atoms with Gasteiger partial charge in [0.25, 0.3) is 0 Å². The number of aliphatic imine (C=N–C) groups is 1. The van der Waals surface area contributed by atoms with Crippen LogP contribution in [0.25, 0.3) is 5.00 Å². The smallest absolute Gasteiger partial charge is 0.221 e. The Kier molecular flexibility index (Phi) is 8.33. The second-order valence-electron chi connectivity index (χ2n) is 8.51. The molecule has 1 N–H and O–H groups in total. The van der Waals surface area contributed by atoms with Crippen LogP contribution in [-0.2, 0) is 16.1 Å². The van der Waals surface area contributed by atoms with E-state index in [1.165, 1.54) is 16.0 Å². The van der Waals surface area contributed by atoms with E-state index in [9.17, 15) is 4.79 Å². The van der Waals surface area contributed by atoms with E-state index in [0.717, 1.165) is 65.8 Å². The number of ether oxygens (including phenoxy) is 1. The number of amides is 1. The standard InChI is InChI=1S/C17H15ClN4S.C8H16N2O2/c1-9-10(2)23-17-15(9)16(12-4-6-13(18)7-5-12)19-8-14-21-20-11(3)22(14)17;1-9-8(11)2-3-10-4-6-12-7-5-10/h4-7H,8H2,1-3H3;2-7H2,1H3,(H,9,11). The molecule has 0 aliphatic carbocycles. The van der Waals surface area contributed by atoms with Crippen molar-refractivity contribution in [1.29, 1.82) is 0 Å². The van der Waals surface area contributed by atoms with E-state index in [1.807, 2.05) is 31.2 Å². The number of morpholine rings is 1. The van der Waals surface area contributed by atoms with Crippen molar-refractivity contribution in [2.24, 2.45) is 4.99 Å². The Morgan fingerprint density at radius 3 is 2.54 bits per heavy atom. The van der Waals surface area contributed by atoms with Gasteiger partial charge in [-0.1, -0.05) is 23.7 Å². The summed E-state index contributed by atoms with van der Waals surface area (Å²) in [6, 6.07) is 7.86. The highest BCUT2D eigenvalue weighted by Crippen LogP contribution is 2.36. The summed E-state index contributed by atoms with van der Waals surface area (Å²) in [7, 11) is 1.67. The van der Waals surface area contributed by atoms with E-state index in [-0.39, 0.29) is 5.91 Å². The van der Waals surface area contributed by atoms with E-state index < -0.39 is 0 Å². The molecule has 10 heteroatoms. The van der Waals surface area contributed by atoms with E-state index in [2.05, 4.69) is 38.8 Å². The lowest BCUT2D eigenvalue weighted by Crippen LogP contribution is -2.38. The maximum Gasteiger partial charge on any atom is 0.221 e. The van der Waals surface area contributed by atoms with Crippen molar-refractivity contribution in [3.8, 4) is 5.00 Å². The first-order valence-electron chi connectivity index (χ1n) is 11.7. The number of nitrogens with one attached hydrogen (secondary N) is 1. The first-order valence-corrected chi connectivity index (χ1v) is 12.9. The molecular weight excluding hydrogens is 484 g/mol. The molecule has 1 fully saturated rings. The summed E-state index contributed by atoms with van der Waals surface area (Å²) in [6.07, 6.45) is 0.594. The summed E-state index contributed by atoms with van der Waals surface area (Å²) in [5.41, 5.74) is 4.52. The maximum atomic E-state index is 10.9. The highest BCUT2D eigenvalue weighted by Gasteiger charge is 2.26. The number of aromatic nitrogens is 3. The fourth-order valence-electron chi connectivity index (χ4n) is 4.10. The van der Waals surface area contributed by atoms with Crippen molar-refractivity contribution in [1.82, 2.24) is 25.0 Å². The van der Waals surface area contributed by atoms with E-state index >= 15 is 0 Å². The van der Waals surface area contributed by atoms with Crippen LogP contribution in [0.4, 0.5) is 0 Å². The van der Waals surface area contributed by atoms with E-state index in [0.29, 0.717) is 13.0 Å². The van der Waals surface area contributed by atoms with Gasteiger partial charge >= 0.3 is 0 Å². The molecule has 35 heavy (non-hydrogen) atoms. The van der Waals surface area contributed by atoms with Gasteiger partial charge in [-0.25, -0.2) is 0 Å². The van der Waals surface area contributed by atoms with Crippen molar-refractivity contribution in [2.75, 3.05) is 39.9 Å². The second-order valence-corrected chi connectivity index (χ2v) is 10.2. The largest absolute Gasteiger partial charge is 0.379 e. The number of hydrogen-bond acceptors (Lipinski definition) is 7. The number of halogens is 1. The van der Waals surface area contributed by atoms with Gasteiger partial charge in [0, 0.05) is 54.1 Å². The molecule has 1 aromatic carbocycles. The molecule has 0 radical (unpaired) electrons. The van der Waals surface area contributed by atoms with Crippen molar-refractivity contribution in [2.45, 2.75) is 33.7 Å². The Morgan fingerprint density at radius 1 is 1.14 bits per heavy atom. The number of carbonyl (C=O) groups excluding carboxylic acids is 1. The van der Waals surface area contributed by atoms with Gasteiger partial charge < -0.3 is 10.1 Å².